The number of pyridine rings is 1. The van der Waals surface area contributed by atoms with E-state index in [0.29, 0.717) is 18.2 Å². The zero-order valence-electron chi connectivity index (χ0n) is 18.1. The number of carbonyl (C=O) groups excluding carboxylic acids is 1. The van der Waals surface area contributed by atoms with E-state index in [1.807, 2.05) is 27.7 Å². The normalized spacial score (nSPS) is 17.5. The van der Waals surface area contributed by atoms with E-state index in [2.05, 4.69) is 10.3 Å². The maximum atomic E-state index is 14.9. The number of imidazole rings is 1. The molecule has 0 bridgehead atoms. The lowest BCUT2D eigenvalue weighted by atomic mass is 9.79. The average Bonchev–Trinajstić information content (AvgIpc) is 3.18. The lowest BCUT2D eigenvalue weighted by Gasteiger charge is -2.32. The van der Waals surface area contributed by atoms with Crippen molar-refractivity contribution in [1.82, 2.24) is 9.38 Å². The third-order valence-corrected chi connectivity index (χ3v) is 5.91. The summed E-state index contributed by atoms with van der Waals surface area (Å²) in [7, 11) is -1.01. The van der Waals surface area contributed by atoms with Crippen molar-refractivity contribution in [3.05, 3.63) is 59.6 Å². The molecule has 3 heterocycles. The van der Waals surface area contributed by atoms with Gasteiger partial charge in [-0.25, -0.2) is 13.8 Å². The molecule has 1 amide bonds. The largest absolute Gasteiger partial charge is 0.498 e. The van der Waals surface area contributed by atoms with E-state index in [0.717, 1.165) is 16.8 Å². The minimum atomic E-state index is -4.72. The van der Waals surface area contributed by atoms with Crippen molar-refractivity contribution in [2.75, 3.05) is 5.32 Å². The number of nitrogens with one attached hydrogen (secondary N) is 1. The number of carbonyl (C=O) groups is 1. The van der Waals surface area contributed by atoms with E-state index in [1.54, 1.807) is 0 Å². The number of rotatable bonds is 3. The first-order chi connectivity index (χ1) is 15.2. The zero-order valence-corrected chi connectivity index (χ0v) is 18.1. The minimum absolute atomic E-state index is 0.0719. The first kappa shape index (κ1) is 23.2. The van der Waals surface area contributed by atoms with Gasteiger partial charge in [-0.15, -0.1) is 0 Å². The van der Waals surface area contributed by atoms with Crippen molar-refractivity contribution in [3.8, 4) is 0 Å². The fraction of sp³-hybridized carbons (Fsp3) is 0.333. The van der Waals surface area contributed by atoms with Gasteiger partial charge in [0.1, 0.15) is 23.0 Å². The molecular formula is C21H19BF5N3O3. The number of aromatic nitrogens is 2. The number of halogens is 5. The van der Waals surface area contributed by atoms with Gasteiger partial charge in [0.25, 0.3) is 5.91 Å². The second-order valence-electron chi connectivity index (χ2n) is 8.68. The molecule has 6 nitrogen and oxygen atoms in total. The Morgan fingerprint density at radius 3 is 2.30 bits per heavy atom. The summed E-state index contributed by atoms with van der Waals surface area (Å²) >= 11 is 0. The molecule has 33 heavy (non-hydrogen) atoms. The highest BCUT2D eigenvalue weighted by Crippen LogP contribution is 2.37. The number of amides is 1. The fourth-order valence-electron chi connectivity index (χ4n) is 3.32. The predicted octanol–water partition coefficient (Wildman–Crippen LogP) is 4.18. The molecule has 1 N–H and O–H groups in total. The molecule has 4 rings (SSSR count). The molecule has 0 unspecified atom stereocenters. The van der Waals surface area contributed by atoms with Crippen molar-refractivity contribution in [2.24, 2.45) is 0 Å². The summed E-state index contributed by atoms with van der Waals surface area (Å²) in [6.45, 7) is 7.26. The molecule has 0 radical (unpaired) electrons. The van der Waals surface area contributed by atoms with E-state index in [-0.39, 0.29) is 16.8 Å². The van der Waals surface area contributed by atoms with Crippen molar-refractivity contribution < 1.29 is 36.1 Å². The molecule has 0 saturated carbocycles. The first-order valence-corrected chi connectivity index (χ1v) is 9.90. The maximum absolute atomic E-state index is 14.9. The Balaban J connectivity index is 1.65. The van der Waals surface area contributed by atoms with Crippen LogP contribution in [0.3, 0.4) is 0 Å². The van der Waals surface area contributed by atoms with Gasteiger partial charge in [-0.05, 0) is 52.0 Å². The van der Waals surface area contributed by atoms with Crippen LogP contribution in [-0.4, -0.2) is 33.6 Å². The predicted molar refractivity (Wildman–Crippen MR) is 110 cm³/mol. The topological polar surface area (TPSA) is 64.9 Å². The number of hydrogen-bond acceptors (Lipinski definition) is 4. The smallest absolute Gasteiger partial charge is 0.399 e. The van der Waals surface area contributed by atoms with Crippen molar-refractivity contribution >= 4 is 29.8 Å². The maximum Gasteiger partial charge on any atom is 0.498 e. The summed E-state index contributed by atoms with van der Waals surface area (Å²) in [4.78, 5) is 16.7. The van der Waals surface area contributed by atoms with E-state index >= 15 is 0 Å². The molecule has 1 fully saturated rings. The monoisotopic (exact) mass is 467 g/mol. The van der Waals surface area contributed by atoms with Gasteiger partial charge in [0, 0.05) is 11.7 Å². The van der Waals surface area contributed by atoms with Gasteiger partial charge < -0.3 is 14.6 Å². The van der Waals surface area contributed by atoms with Crippen molar-refractivity contribution in [3.63, 3.8) is 0 Å². The average molecular weight is 467 g/mol. The second-order valence-corrected chi connectivity index (χ2v) is 8.68. The summed E-state index contributed by atoms with van der Waals surface area (Å²) < 4.78 is 80.5. The number of anilines is 1. The van der Waals surface area contributed by atoms with Crippen LogP contribution in [0.5, 0.6) is 0 Å². The van der Waals surface area contributed by atoms with Gasteiger partial charge in [0.2, 0.25) is 0 Å². The Kier molecular flexibility index (Phi) is 5.29. The van der Waals surface area contributed by atoms with Gasteiger partial charge in [-0.1, -0.05) is 0 Å². The van der Waals surface area contributed by atoms with Crippen LogP contribution >= 0.6 is 0 Å². The van der Waals surface area contributed by atoms with Crippen molar-refractivity contribution in [2.45, 2.75) is 45.1 Å². The van der Waals surface area contributed by atoms with Crippen LogP contribution in [0, 0.1) is 11.6 Å². The van der Waals surface area contributed by atoms with Gasteiger partial charge in [-0.2, -0.15) is 13.2 Å². The third-order valence-electron chi connectivity index (χ3n) is 5.91. The Morgan fingerprint density at radius 1 is 1.06 bits per heavy atom. The van der Waals surface area contributed by atoms with Crippen LogP contribution in [0.2, 0.25) is 0 Å². The minimum Gasteiger partial charge on any atom is -0.399 e. The molecule has 174 valence electrons. The lowest BCUT2D eigenvalue weighted by Crippen LogP contribution is -2.41. The van der Waals surface area contributed by atoms with E-state index in [4.69, 9.17) is 9.31 Å². The number of nitrogens with zero attached hydrogens (tertiary/aromatic N) is 2. The Bertz CT molecular complexity index is 1240. The number of hydrogen-bond donors (Lipinski definition) is 1. The van der Waals surface area contributed by atoms with Gasteiger partial charge in [-0.3, -0.25) is 9.20 Å². The second kappa shape index (κ2) is 7.52. The molecule has 0 spiro atoms. The summed E-state index contributed by atoms with van der Waals surface area (Å²) in [5, 5.41) is 2.08. The Morgan fingerprint density at radius 2 is 1.70 bits per heavy atom. The molecule has 2 aromatic heterocycles. The SMILES string of the molecule is CC1(C)OB(c2cc3ncc(C(=O)Nc4cc(C(F)(F)F)ccc4F)n3cc2F)OC1(C)C. The van der Waals surface area contributed by atoms with Crippen LogP contribution in [0.1, 0.15) is 43.7 Å². The highest BCUT2D eigenvalue weighted by Gasteiger charge is 2.52. The van der Waals surface area contributed by atoms with Crippen LogP contribution in [0.15, 0.2) is 36.7 Å². The Hall–Kier alpha value is -2.99. The molecule has 3 aromatic rings. The van der Waals surface area contributed by atoms with Crippen molar-refractivity contribution in [1.29, 1.82) is 0 Å². The zero-order chi connectivity index (χ0) is 24.3. The quantitative estimate of drug-likeness (QED) is 0.464. The van der Waals surface area contributed by atoms with Gasteiger partial charge in [0.05, 0.1) is 28.6 Å². The van der Waals surface area contributed by atoms with E-state index in [9.17, 15) is 26.7 Å². The van der Waals surface area contributed by atoms with Gasteiger partial charge in [0.15, 0.2) is 0 Å². The molecule has 12 heteroatoms. The third kappa shape index (κ3) is 4.08. The molecule has 1 aliphatic rings. The molecule has 1 saturated heterocycles. The standard InChI is InChI=1S/C21H19BF5N3O3/c1-19(2)20(3,4)33-22(32-19)12-8-17-28-9-16(30(17)10-14(12)24)18(31)29-15-7-11(21(25,26)27)5-6-13(15)23/h5-10H,1-4H3,(H,29,31). The molecule has 1 aromatic carbocycles. The van der Waals surface area contributed by atoms with E-state index in [1.165, 1.54) is 6.07 Å². The summed E-state index contributed by atoms with van der Waals surface area (Å²) in [5.41, 5.74) is -3.17. The van der Waals surface area contributed by atoms with Crippen LogP contribution < -0.4 is 10.8 Å². The van der Waals surface area contributed by atoms with Gasteiger partial charge >= 0.3 is 13.3 Å². The fourth-order valence-corrected chi connectivity index (χ4v) is 3.32. The summed E-state index contributed by atoms with van der Waals surface area (Å²) in [6, 6.07) is 2.99. The number of alkyl halides is 3. The molecule has 0 atom stereocenters. The number of benzene rings is 1. The van der Waals surface area contributed by atoms with Crippen LogP contribution in [0.25, 0.3) is 5.65 Å². The molecule has 0 aliphatic carbocycles. The molecule has 1 aliphatic heterocycles. The highest BCUT2D eigenvalue weighted by atomic mass is 19.4. The van der Waals surface area contributed by atoms with Crippen LogP contribution in [0.4, 0.5) is 27.6 Å². The lowest BCUT2D eigenvalue weighted by molar-refractivity contribution is -0.137. The van der Waals surface area contributed by atoms with E-state index < -0.39 is 53.3 Å². The summed E-state index contributed by atoms with van der Waals surface area (Å²) in [5.74, 6) is -2.78. The Labute approximate surface area is 185 Å². The number of fused-ring (bicyclic) bond motifs is 1. The van der Waals surface area contributed by atoms with Crippen LogP contribution in [-0.2, 0) is 15.5 Å². The summed E-state index contributed by atoms with van der Waals surface area (Å²) in [6.07, 6.45) is -2.63. The molecular weight excluding hydrogens is 448 g/mol. The first-order valence-electron chi connectivity index (χ1n) is 9.90. The highest BCUT2D eigenvalue weighted by molar-refractivity contribution is 6.62.